The van der Waals surface area contributed by atoms with Gasteiger partial charge in [0.1, 0.15) is 22.2 Å². The number of aromatic nitrogens is 1. The lowest BCUT2D eigenvalue weighted by molar-refractivity contribution is -0.126. The van der Waals surface area contributed by atoms with Gasteiger partial charge in [-0.1, -0.05) is 29.8 Å². The number of hydrogen-bond donors (Lipinski definition) is 0. The molecule has 0 saturated heterocycles. The van der Waals surface area contributed by atoms with E-state index in [4.69, 9.17) is 21.1 Å². The summed E-state index contributed by atoms with van der Waals surface area (Å²) in [5.74, 6) is -0.126. The number of anilines is 1. The van der Waals surface area contributed by atoms with Gasteiger partial charge in [0.15, 0.2) is 6.10 Å². The fourth-order valence-corrected chi connectivity index (χ4v) is 4.42. The lowest BCUT2D eigenvalue weighted by atomic mass is 10.2. The molecular weight excluding hydrogens is 436 g/mol. The third-order valence-electron chi connectivity index (χ3n) is 4.99. The first kappa shape index (κ1) is 21.3. The molecule has 2 aromatic carbocycles. The van der Waals surface area contributed by atoms with E-state index in [0.29, 0.717) is 32.9 Å². The summed E-state index contributed by atoms with van der Waals surface area (Å²) >= 11 is 7.08. The molecule has 8 heteroatoms. The van der Waals surface area contributed by atoms with Gasteiger partial charge in [-0.15, -0.1) is 11.3 Å². The van der Waals surface area contributed by atoms with Crippen molar-refractivity contribution in [1.29, 1.82) is 0 Å². The van der Waals surface area contributed by atoms with Gasteiger partial charge in [0, 0.05) is 17.3 Å². The molecule has 2 heterocycles. The molecule has 1 aliphatic heterocycles. The molecule has 4 rings (SSSR count). The minimum absolute atomic E-state index is 0.222. The summed E-state index contributed by atoms with van der Waals surface area (Å²) in [5, 5.41) is 1.27. The van der Waals surface area contributed by atoms with Crippen LogP contribution < -0.4 is 9.64 Å². The van der Waals surface area contributed by atoms with Gasteiger partial charge in [0.2, 0.25) is 0 Å². The number of thiazole rings is 1. The Balaban J connectivity index is 1.38. The highest BCUT2D eigenvalue weighted by Crippen LogP contribution is 2.29. The van der Waals surface area contributed by atoms with E-state index < -0.39 is 12.1 Å². The average molecular weight is 457 g/mol. The number of rotatable bonds is 6. The highest BCUT2D eigenvalue weighted by Gasteiger charge is 2.30. The molecule has 0 bridgehead atoms. The molecule has 1 amide bonds. The number of esters is 1. The summed E-state index contributed by atoms with van der Waals surface area (Å²) in [6.45, 7) is 4.15. The van der Waals surface area contributed by atoms with Crippen molar-refractivity contribution in [3.63, 3.8) is 0 Å². The number of carbonyl (C=O) groups is 2. The van der Waals surface area contributed by atoms with E-state index in [1.54, 1.807) is 43.0 Å². The number of ether oxygens (including phenoxy) is 2. The molecule has 160 valence electrons. The van der Waals surface area contributed by atoms with Gasteiger partial charge in [-0.05, 0) is 56.2 Å². The number of para-hydroxylation sites is 1. The maximum atomic E-state index is 12.9. The third-order valence-corrected chi connectivity index (χ3v) is 6.35. The van der Waals surface area contributed by atoms with Crippen LogP contribution in [0.3, 0.4) is 0 Å². The lowest BCUT2D eigenvalue weighted by Crippen LogP contribution is -2.39. The van der Waals surface area contributed by atoms with E-state index in [-0.39, 0.29) is 12.5 Å². The second-order valence-corrected chi connectivity index (χ2v) is 8.70. The van der Waals surface area contributed by atoms with Crippen molar-refractivity contribution in [2.75, 3.05) is 11.4 Å². The predicted octanol–water partition coefficient (Wildman–Crippen LogP) is 4.82. The standard InChI is InChI=1S/C23H21ClN2O4S/c1-14-21(31-20(25-14)13-29-18-9-7-17(24)8-10-18)23(28)30-15(2)22(27)26-12-11-16-5-3-4-6-19(16)26/h3-10,15H,11-13H2,1-2H3. The fourth-order valence-electron chi connectivity index (χ4n) is 3.43. The molecule has 1 aromatic heterocycles. The number of benzene rings is 2. The maximum absolute atomic E-state index is 12.9. The number of aryl methyl sites for hydroxylation is 1. The van der Waals surface area contributed by atoms with E-state index in [1.807, 2.05) is 24.3 Å². The van der Waals surface area contributed by atoms with Crippen LogP contribution in [0.15, 0.2) is 48.5 Å². The molecule has 0 saturated carbocycles. The van der Waals surface area contributed by atoms with Gasteiger partial charge in [-0.3, -0.25) is 4.79 Å². The fraction of sp³-hybridized carbons (Fsp3) is 0.261. The molecule has 31 heavy (non-hydrogen) atoms. The van der Waals surface area contributed by atoms with E-state index in [2.05, 4.69) is 4.98 Å². The maximum Gasteiger partial charge on any atom is 0.351 e. The Morgan fingerprint density at radius 1 is 1.19 bits per heavy atom. The van der Waals surface area contributed by atoms with Gasteiger partial charge in [-0.25, -0.2) is 9.78 Å². The zero-order valence-electron chi connectivity index (χ0n) is 17.1. The highest BCUT2D eigenvalue weighted by atomic mass is 35.5. The van der Waals surface area contributed by atoms with Crippen molar-refractivity contribution in [2.24, 2.45) is 0 Å². The largest absolute Gasteiger partial charge is 0.486 e. The lowest BCUT2D eigenvalue weighted by Gasteiger charge is -2.21. The molecule has 6 nitrogen and oxygen atoms in total. The summed E-state index contributed by atoms with van der Waals surface area (Å²) in [7, 11) is 0. The van der Waals surface area contributed by atoms with E-state index in [0.717, 1.165) is 17.7 Å². The third kappa shape index (κ3) is 4.73. The minimum Gasteiger partial charge on any atom is -0.486 e. The first-order valence-electron chi connectivity index (χ1n) is 9.87. The molecule has 0 aliphatic carbocycles. The zero-order valence-corrected chi connectivity index (χ0v) is 18.7. The number of hydrogen-bond acceptors (Lipinski definition) is 6. The Hall–Kier alpha value is -2.90. The Morgan fingerprint density at radius 2 is 1.94 bits per heavy atom. The molecule has 1 unspecified atom stereocenters. The number of nitrogens with zero attached hydrogens (tertiary/aromatic N) is 2. The van der Waals surface area contributed by atoms with Crippen molar-refractivity contribution in [1.82, 2.24) is 4.98 Å². The van der Waals surface area contributed by atoms with Crippen LogP contribution in [0.25, 0.3) is 0 Å². The van der Waals surface area contributed by atoms with E-state index >= 15 is 0 Å². The normalized spacial score (nSPS) is 13.6. The van der Waals surface area contributed by atoms with Crippen molar-refractivity contribution in [2.45, 2.75) is 33.0 Å². The Bertz CT molecular complexity index is 1110. The predicted molar refractivity (Wildman–Crippen MR) is 120 cm³/mol. The average Bonchev–Trinajstić information content (AvgIpc) is 3.36. The van der Waals surface area contributed by atoms with Crippen LogP contribution in [-0.2, 0) is 22.6 Å². The van der Waals surface area contributed by atoms with E-state index in [1.165, 1.54) is 11.3 Å². The molecule has 3 aromatic rings. The first-order chi connectivity index (χ1) is 14.9. The number of fused-ring (bicyclic) bond motifs is 1. The summed E-state index contributed by atoms with van der Waals surface area (Å²) in [4.78, 5) is 32.0. The van der Waals surface area contributed by atoms with Gasteiger partial charge in [0.25, 0.3) is 5.91 Å². The Labute approximate surface area is 189 Å². The van der Waals surface area contributed by atoms with Gasteiger partial charge in [-0.2, -0.15) is 0 Å². The minimum atomic E-state index is -0.895. The highest BCUT2D eigenvalue weighted by molar-refractivity contribution is 7.13. The monoisotopic (exact) mass is 456 g/mol. The van der Waals surface area contributed by atoms with Crippen LogP contribution in [0.1, 0.15) is 32.9 Å². The van der Waals surface area contributed by atoms with E-state index in [9.17, 15) is 9.59 Å². The molecule has 0 fully saturated rings. The zero-order chi connectivity index (χ0) is 22.0. The van der Waals surface area contributed by atoms with Gasteiger partial charge in [0.05, 0.1) is 5.69 Å². The molecule has 0 spiro atoms. The van der Waals surface area contributed by atoms with Crippen LogP contribution in [-0.4, -0.2) is 29.5 Å². The van der Waals surface area contributed by atoms with Crippen molar-refractivity contribution < 1.29 is 19.1 Å². The van der Waals surface area contributed by atoms with Crippen molar-refractivity contribution in [3.05, 3.63) is 74.7 Å². The molecule has 0 radical (unpaired) electrons. The quantitative estimate of drug-likeness (QED) is 0.497. The van der Waals surface area contributed by atoms with Crippen LogP contribution in [0.5, 0.6) is 5.75 Å². The first-order valence-corrected chi connectivity index (χ1v) is 11.1. The second kappa shape index (κ2) is 9.08. The van der Waals surface area contributed by atoms with Crippen LogP contribution >= 0.6 is 22.9 Å². The second-order valence-electron chi connectivity index (χ2n) is 7.18. The Morgan fingerprint density at radius 3 is 2.71 bits per heavy atom. The van der Waals surface area contributed by atoms with Crippen molar-refractivity contribution in [3.8, 4) is 5.75 Å². The smallest absolute Gasteiger partial charge is 0.351 e. The summed E-state index contributed by atoms with van der Waals surface area (Å²) < 4.78 is 11.2. The molecule has 1 atom stereocenters. The van der Waals surface area contributed by atoms with Gasteiger partial charge < -0.3 is 14.4 Å². The summed E-state index contributed by atoms with van der Waals surface area (Å²) in [6, 6.07) is 14.8. The summed E-state index contributed by atoms with van der Waals surface area (Å²) in [6.07, 6.45) is -0.0954. The molecule has 0 N–H and O–H groups in total. The number of amides is 1. The van der Waals surface area contributed by atoms with Crippen LogP contribution in [0.4, 0.5) is 5.69 Å². The SMILES string of the molecule is Cc1nc(COc2ccc(Cl)cc2)sc1C(=O)OC(C)C(=O)N1CCc2ccccc21. The summed E-state index contributed by atoms with van der Waals surface area (Å²) in [5.41, 5.74) is 2.56. The van der Waals surface area contributed by atoms with Crippen LogP contribution in [0, 0.1) is 6.92 Å². The molecule has 1 aliphatic rings. The van der Waals surface area contributed by atoms with Gasteiger partial charge >= 0.3 is 5.97 Å². The Kier molecular flexibility index (Phi) is 6.25. The van der Waals surface area contributed by atoms with Crippen LogP contribution in [0.2, 0.25) is 5.02 Å². The van der Waals surface area contributed by atoms with Crippen molar-refractivity contribution >= 4 is 40.5 Å². The topological polar surface area (TPSA) is 68.7 Å². The number of carbonyl (C=O) groups excluding carboxylic acids is 2. The molecular formula is C23H21ClN2O4S. The number of halogens is 1.